The van der Waals surface area contributed by atoms with Crippen LogP contribution in [0.15, 0.2) is 53.1 Å². The molecule has 26 heavy (non-hydrogen) atoms. The fourth-order valence-corrected chi connectivity index (χ4v) is 3.61. The second kappa shape index (κ2) is 6.63. The molecule has 6 heteroatoms. The fourth-order valence-electron chi connectivity index (χ4n) is 3.61. The smallest absolute Gasteiger partial charge is 0.251 e. The Kier molecular flexibility index (Phi) is 4.16. The summed E-state index contributed by atoms with van der Waals surface area (Å²) < 4.78 is 5.47. The molecule has 2 amide bonds. The number of benzene rings is 2. The third kappa shape index (κ3) is 2.94. The number of fused-ring (bicyclic) bond motifs is 1. The fraction of sp³-hybridized carbons (Fsp3) is 0.250. The van der Waals surface area contributed by atoms with E-state index in [0.29, 0.717) is 16.8 Å². The van der Waals surface area contributed by atoms with Gasteiger partial charge < -0.3 is 15.6 Å². The summed E-state index contributed by atoms with van der Waals surface area (Å²) in [5.74, 6) is -0.233. The van der Waals surface area contributed by atoms with Crippen LogP contribution in [0, 0.1) is 5.92 Å². The molecule has 0 saturated heterocycles. The Balaban J connectivity index is 1.63. The van der Waals surface area contributed by atoms with Crippen molar-refractivity contribution < 1.29 is 14.1 Å². The number of nitrogens with one attached hydrogen (secondary N) is 1. The maximum atomic E-state index is 12.7. The Morgan fingerprint density at radius 3 is 2.69 bits per heavy atom. The highest BCUT2D eigenvalue weighted by Crippen LogP contribution is 2.30. The van der Waals surface area contributed by atoms with Gasteiger partial charge in [-0.25, -0.2) is 0 Å². The number of carbonyl (C=O) groups is 2. The third-order valence-electron chi connectivity index (χ3n) is 4.97. The second-order valence-corrected chi connectivity index (χ2v) is 6.63. The van der Waals surface area contributed by atoms with Crippen molar-refractivity contribution >= 4 is 22.7 Å². The maximum absolute atomic E-state index is 12.7. The number of amides is 2. The van der Waals surface area contributed by atoms with Gasteiger partial charge in [-0.1, -0.05) is 41.9 Å². The first kappa shape index (κ1) is 16.3. The summed E-state index contributed by atoms with van der Waals surface area (Å²) in [4.78, 5) is 24.2. The van der Waals surface area contributed by atoms with Gasteiger partial charge in [0.2, 0.25) is 5.91 Å². The number of nitrogens with zero attached hydrogens (tertiary/aromatic N) is 1. The highest BCUT2D eigenvalue weighted by Gasteiger charge is 2.32. The van der Waals surface area contributed by atoms with Crippen LogP contribution in [0.4, 0.5) is 0 Å². The molecule has 0 bridgehead atoms. The van der Waals surface area contributed by atoms with Crippen molar-refractivity contribution in [2.45, 2.75) is 25.3 Å². The number of nitrogens with two attached hydrogens (primary N) is 1. The van der Waals surface area contributed by atoms with Crippen LogP contribution < -0.4 is 11.1 Å². The van der Waals surface area contributed by atoms with E-state index in [9.17, 15) is 9.59 Å². The highest BCUT2D eigenvalue weighted by molar-refractivity contribution is 6.01. The highest BCUT2D eigenvalue weighted by atomic mass is 16.5. The lowest BCUT2D eigenvalue weighted by molar-refractivity contribution is -0.122. The first-order chi connectivity index (χ1) is 12.6. The standard InChI is InChI=1S/C20H19N3O3/c21-19(24)14-7-4-8-16(14)22-20(25)13-9-10-17-15(11-13)18(26-23-17)12-5-2-1-3-6-12/h1-3,5-6,9-11,14,16H,4,7-8H2,(H2,21,24)(H,22,25)/t14-,16-/m1/s1. The molecule has 4 rings (SSSR count). The van der Waals surface area contributed by atoms with Gasteiger partial charge in [-0.05, 0) is 31.0 Å². The summed E-state index contributed by atoms with van der Waals surface area (Å²) >= 11 is 0. The quantitative estimate of drug-likeness (QED) is 0.756. The minimum atomic E-state index is -0.353. The number of rotatable bonds is 4. The predicted octanol–water partition coefficient (Wildman–Crippen LogP) is 2.88. The molecule has 6 nitrogen and oxygen atoms in total. The molecule has 1 aromatic heterocycles. The molecular formula is C20H19N3O3. The average molecular weight is 349 g/mol. The minimum absolute atomic E-state index is 0.202. The molecule has 3 N–H and O–H groups in total. The van der Waals surface area contributed by atoms with E-state index < -0.39 is 0 Å². The van der Waals surface area contributed by atoms with Crippen LogP contribution in [-0.4, -0.2) is 23.0 Å². The largest absolute Gasteiger partial charge is 0.369 e. The molecule has 1 heterocycles. The van der Waals surface area contributed by atoms with Crippen molar-refractivity contribution in [3.8, 4) is 11.3 Å². The lowest BCUT2D eigenvalue weighted by Crippen LogP contribution is -2.42. The van der Waals surface area contributed by atoms with Gasteiger partial charge in [-0.2, -0.15) is 0 Å². The Labute approximate surface area is 150 Å². The summed E-state index contributed by atoms with van der Waals surface area (Å²) in [7, 11) is 0. The van der Waals surface area contributed by atoms with Crippen LogP contribution in [0.1, 0.15) is 29.6 Å². The van der Waals surface area contributed by atoms with Crippen molar-refractivity contribution in [1.29, 1.82) is 0 Å². The van der Waals surface area contributed by atoms with E-state index in [0.717, 1.165) is 30.2 Å². The first-order valence-corrected chi connectivity index (χ1v) is 8.68. The van der Waals surface area contributed by atoms with Crippen LogP contribution in [0.2, 0.25) is 0 Å². The topological polar surface area (TPSA) is 98.2 Å². The Morgan fingerprint density at radius 1 is 1.12 bits per heavy atom. The van der Waals surface area contributed by atoms with Crippen molar-refractivity contribution in [3.63, 3.8) is 0 Å². The molecule has 1 saturated carbocycles. The van der Waals surface area contributed by atoms with E-state index in [1.54, 1.807) is 18.2 Å². The van der Waals surface area contributed by atoms with E-state index in [1.807, 2.05) is 30.3 Å². The van der Waals surface area contributed by atoms with Gasteiger partial charge >= 0.3 is 0 Å². The van der Waals surface area contributed by atoms with Gasteiger partial charge in [0.05, 0.1) is 11.3 Å². The maximum Gasteiger partial charge on any atom is 0.251 e. The molecule has 2 aromatic carbocycles. The first-order valence-electron chi connectivity index (χ1n) is 8.68. The van der Waals surface area contributed by atoms with Crippen LogP contribution >= 0.6 is 0 Å². The summed E-state index contributed by atoms with van der Waals surface area (Å²) in [6, 6.07) is 14.7. The van der Waals surface area contributed by atoms with Gasteiger partial charge in [0, 0.05) is 17.2 Å². The summed E-state index contributed by atoms with van der Waals surface area (Å²) in [6.45, 7) is 0. The van der Waals surface area contributed by atoms with E-state index in [4.69, 9.17) is 10.3 Å². The Morgan fingerprint density at radius 2 is 1.92 bits per heavy atom. The van der Waals surface area contributed by atoms with Crippen LogP contribution in [0.5, 0.6) is 0 Å². The van der Waals surface area contributed by atoms with Crippen molar-refractivity contribution in [2.75, 3.05) is 0 Å². The number of carbonyl (C=O) groups excluding carboxylic acids is 2. The SMILES string of the molecule is NC(=O)[C@@H]1CCC[C@H]1NC(=O)c1ccc2noc(-c3ccccc3)c2c1. The number of primary amides is 1. The van der Waals surface area contributed by atoms with E-state index in [2.05, 4.69) is 10.5 Å². The summed E-state index contributed by atoms with van der Waals surface area (Å²) in [5, 5.41) is 7.80. The lowest BCUT2D eigenvalue weighted by atomic mass is 10.0. The van der Waals surface area contributed by atoms with Gasteiger partial charge in [0.25, 0.3) is 5.91 Å². The number of aromatic nitrogens is 1. The van der Waals surface area contributed by atoms with Crippen LogP contribution in [-0.2, 0) is 4.79 Å². The molecule has 2 atom stereocenters. The molecular weight excluding hydrogens is 330 g/mol. The Hall–Kier alpha value is -3.15. The van der Waals surface area contributed by atoms with Gasteiger partial charge in [0.1, 0.15) is 5.52 Å². The number of hydrogen-bond acceptors (Lipinski definition) is 4. The van der Waals surface area contributed by atoms with Gasteiger partial charge in [-0.3, -0.25) is 9.59 Å². The average Bonchev–Trinajstić information content (AvgIpc) is 3.28. The zero-order valence-electron chi connectivity index (χ0n) is 14.1. The van der Waals surface area contributed by atoms with Crippen molar-refractivity contribution in [1.82, 2.24) is 10.5 Å². The van der Waals surface area contributed by atoms with Gasteiger partial charge in [0.15, 0.2) is 5.76 Å². The zero-order chi connectivity index (χ0) is 18.1. The van der Waals surface area contributed by atoms with E-state index in [-0.39, 0.29) is 23.8 Å². The number of hydrogen-bond donors (Lipinski definition) is 2. The Bertz CT molecular complexity index is 965. The lowest BCUT2D eigenvalue weighted by Gasteiger charge is -2.18. The summed E-state index contributed by atoms with van der Waals surface area (Å²) in [6.07, 6.45) is 2.38. The second-order valence-electron chi connectivity index (χ2n) is 6.63. The molecule has 0 unspecified atom stereocenters. The van der Waals surface area contributed by atoms with E-state index in [1.165, 1.54) is 0 Å². The predicted molar refractivity (Wildman–Crippen MR) is 97.2 cm³/mol. The van der Waals surface area contributed by atoms with Gasteiger partial charge in [-0.15, -0.1) is 0 Å². The normalized spacial score (nSPS) is 19.5. The summed E-state index contributed by atoms with van der Waals surface area (Å²) in [5.41, 5.74) is 7.53. The van der Waals surface area contributed by atoms with Crippen LogP contribution in [0.3, 0.4) is 0 Å². The molecule has 1 fully saturated rings. The molecule has 0 aliphatic heterocycles. The molecule has 1 aliphatic carbocycles. The molecule has 3 aromatic rings. The molecule has 0 radical (unpaired) electrons. The van der Waals surface area contributed by atoms with Crippen molar-refractivity contribution in [3.05, 3.63) is 54.1 Å². The van der Waals surface area contributed by atoms with E-state index >= 15 is 0 Å². The molecule has 0 spiro atoms. The van der Waals surface area contributed by atoms with Crippen LogP contribution in [0.25, 0.3) is 22.2 Å². The third-order valence-corrected chi connectivity index (χ3v) is 4.97. The minimum Gasteiger partial charge on any atom is -0.369 e. The van der Waals surface area contributed by atoms with Crippen molar-refractivity contribution in [2.24, 2.45) is 11.7 Å². The zero-order valence-corrected chi connectivity index (χ0v) is 14.1. The monoisotopic (exact) mass is 349 g/mol. The molecule has 132 valence electrons. The molecule has 1 aliphatic rings.